The second kappa shape index (κ2) is 11.4. The zero-order valence-electron chi connectivity index (χ0n) is 18.8. The molecule has 2 rings (SSSR count). The molecule has 0 aliphatic carbocycles. The first-order chi connectivity index (χ1) is 14.7. The number of alkyl halides is 2. The summed E-state index contributed by atoms with van der Waals surface area (Å²) in [6.07, 6.45) is 4.79. The molecule has 6 nitrogen and oxygen atoms in total. The van der Waals surface area contributed by atoms with E-state index in [9.17, 15) is 8.78 Å². The van der Waals surface area contributed by atoms with Crippen molar-refractivity contribution in [1.29, 1.82) is 0 Å². The van der Waals surface area contributed by atoms with Gasteiger partial charge >= 0.3 is 0 Å². The third kappa shape index (κ3) is 6.90. The van der Waals surface area contributed by atoms with Crippen LogP contribution in [0.1, 0.15) is 57.6 Å². The topological polar surface area (TPSA) is 71.1 Å². The quantitative estimate of drug-likeness (QED) is 0.359. The van der Waals surface area contributed by atoms with Crippen LogP contribution in [-0.4, -0.2) is 30.2 Å². The Bertz CT molecular complexity index is 855. The molecule has 0 aliphatic heterocycles. The maximum atomic E-state index is 14.2. The summed E-state index contributed by atoms with van der Waals surface area (Å²) in [6.45, 7) is 5.57. The first kappa shape index (κ1) is 25.1. The van der Waals surface area contributed by atoms with Crippen molar-refractivity contribution in [2.45, 2.75) is 65.0 Å². The number of halogens is 3. The van der Waals surface area contributed by atoms with E-state index in [2.05, 4.69) is 39.8 Å². The highest BCUT2D eigenvalue weighted by atomic mass is 35.5. The molecule has 0 atom stereocenters. The van der Waals surface area contributed by atoms with Gasteiger partial charge in [0.1, 0.15) is 11.6 Å². The molecule has 0 bridgehead atoms. The first-order valence-corrected chi connectivity index (χ1v) is 10.9. The van der Waals surface area contributed by atoms with Gasteiger partial charge in [0, 0.05) is 30.7 Å². The predicted octanol–water partition coefficient (Wildman–Crippen LogP) is 6.09. The standard InChI is InChI=1S/C22H32ClF2N5O/c1-6-8-15(9-7-2)28-20-16(22(3,24)25)13-27-21(30-20)29-18-11-17(23)14(12-26-4)10-19(18)31-5/h10-11,13,15,26H,6-9,12H2,1-5H3,(H2,27,28,29,30). The fourth-order valence-electron chi connectivity index (χ4n) is 3.36. The Hall–Kier alpha value is -2.19. The van der Waals surface area contributed by atoms with Crippen molar-refractivity contribution in [3.8, 4) is 5.75 Å². The van der Waals surface area contributed by atoms with Crippen LogP contribution in [0.3, 0.4) is 0 Å². The summed E-state index contributed by atoms with van der Waals surface area (Å²) in [6, 6.07) is 3.58. The Morgan fingerprint density at radius 1 is 1.19 bits per heavy atom. The van der Waals surface area contributed by atoms with Gasteiger partial charge in [-0.05, 0) is 37.6 Å². The largest absolute Gasteiger partial charge is 0.495 e. The molecule has 0 saturated carbocycles. The highest BCUT2D eigenvalue weighted by Gasteiger charge is 2.30. The summed E-state index contributed by atoms with van der Waals surface area (Å²) in [5.41, 5.74) is 1.19. The lowest BCUT2D eigenvalue weighted by atomic mass is 10.1. The third-order valence-electron chi connectivity index (χ3n) is 4.86. The summed E-state index contributed by atoms with van der Waals surface area (Å²) in [7, 11) is 3.37. The lowest BCUT2D eigenvalue weighted by Crippen LogP contribution is -2.23. The summed E-state index contributed by atoms with van der Waals surface area (Å²) in [4.78, 5) is 8.49. The van der Waals surface area contributed by atoms with Crippen molar-refractivity contribution < 1.29 is 13.5 Å². The minimum Gasteiger partial charge on any atom is -0.495 e. The van der Waals surface area contributed by atoms with Crippen LogP contribution >= 0.6 is 11.6 Å². The molecular formula is C22H32ClF2N5O. The van der Waals surface area contributed by atoms with Gasteiger partial charge in [-0.2, -0.15) is 4.98 Å². The number of nitrogens with one attached hydrogen (secondary N) is 3. The number of benzene rings is 1. The van der Waals surface area contributed by atoms with Gasteiger partial charge in [-0.3, -0.25) is 0 Å². The molecule has 0 aliphatic rings. The summed E-state index contributed by atoms with van der Waals surface area (Å²) >= 11 is 6.37. The van der Waals surface area contributed by atoms with Gasteiger partial charge in [-0.1, -0.05) is 38.3 Å². The van der Waals surface area contributed by atoms with Crippen molar-refractivity contribution in [2.24, 2.45) is 0 Å². The van der Waals surface area contributed by atoms with Gasteiger partial charge in [0.05, 0.1) is 18.4 Å². The summed E-state index contributed by atoms with van der Waals surface area (Å²) in [5.74, 6) is -2.21. The number of anilines is 3. The average molecular weight is 456 g/mol. The Labute approximate surface area is 188 Å². The van der Waals surface area contributed by atoms with Crippen LogP contribution in [0.15, 0.2) is 18.3 Å². The van der Waals surface area contributed by atoms with Crippen molar-refractivity contribution in [2.75, 3.05) is 24.8 Å². The third-order valence-corrected chi connectivity index (χ3v) is 5.21. The molecule has 0 spiro atoms. The second-order valence-corrected chi connectivity index (χ2v) is 7.97. The number of nitrogens with zero attached hydrogens (tertiary/aromatic N) is 2. The average Bonchev–Trinajstić information content (AvgIpc) is 2.70. The Balaban J connectivity index is 2.41. The maximum absolute atomic E-state index is 14.2. The zero-order valence-corrected chi connectivity index (χ0v) is 19.5. The number of hydrogen-bond donors (Lipinski definition) is 3. The number of rotatable bonds is 12. The van der Waals surface area contributed by atoms with E-state index in [-0.39, 0.29) is 23.4 Å². The monoisotopic (exact) mass is 455 g/mol. The smallest absolute Gasteiger partial charge is 0.275 e. The molecule has 1 aromatic heterocycles. The molecule has 31 heavy (non-hydrogen) atoms. The molecule has 0 saturated heterocycles. The fourth-order valence-corrected chi connectivity index (χ4v) is 3.59. The van der Waals surface area contributed by atoms with Crippen LogP contribution in [-0.2, 0) is 12.5 Å². The lowest BCUT2D eigenvalue weighted by Gasteiger charge is -2.22. The van der Waals surface area contributed by atoms with Crippen LogP contribution in [0, 0.1) is 0 Å². The lowest BCUT2D eigenvalue weighted by molar-refractivity contribution is 0.0175. The van der Waals surface area contributed by atoms with E-state index in [0.717, 1.165) is 44.4 Å². The molecule has 0 amide bonds. The van der Waals surface area contributed by atoms with Gasteiger partial charge in [0.15, 0.2) is 0 Å². The normalized spacial score (nSPS) is 11.6. The SMILES string of the molecule is CCCC(CCC)Nc1nc(Nc2cc(Cl)c(CNC)cc2OC)ncc1C(C)(F)F. The van der Waals surface area contributed by atoms with Crippen LogP contribution in [0.25, 0.3) is 0 Å². The van der Waals surface area contributed by atoms with Gasteiger partial charge in [0.25, 0.3) is 5.92 Å². The summed E-state index contributed by atoms with van der Waals surface area (Å²) in [5, 5.41) is 9.85. The highest BCUT2D eigenvalue weighted by molar-refractivity contribution is 6.31. The number of hydrogen-bond acceptors (Lipinski definition) is 6. The molecular weight excluding hydrogens is 424 g/mol. The van der Waals surface area contributed by atoms with Crippen LogP contribution < -0.4 is 20.7 Å². The molecule has 9 heteroatoms. The molecule has 1 heterocycles. The molecule has 2 aromatic rings. The van der Waals surface area contributed by atoms with Gasteiger partial charge < -0.3 is 20.7 Å². The maximum Gasteiger partial charge on any atom is 0.275 e. The first-order valence-electron chi connectivity index (χ1n) is 10.5. The van der Waals surface area contributed by atoms with Crippen LogP contribution in [0.2, 0.25) is 5.02 Å². The van der Waals surface area contributed by atoms with Gasteiger partial charge in [-0.25, -0.2) is 13.8 Å². The zero-order chi connectivity index (χ0) is 23.0. The number of aromatic nitrogens is 2. The molecule has 172 valence electrons. The van der Waals surface area contributed by atoms with Gasteiger partial charge in [0.2, 0.25) is 5.95 Å². The summed E-state index contributed by atoms with van der Waals surface area (Å²) < 4.78 is 33.9. The molecule has 1 aromatic carbocycles. The molecule has 0 radical (unpaired) electrons. The van der Waals surface area contributed by atoms with Crippen molar-refractivity contribution in [1.82, 2.24) is 15.3 Å². The van der Waals surface area contributed by atoms with Crippen molar-refractivity contribution in [3.05, 3.63) is 34.5 Å². The predicted molar refractivity (Wildman–Crippen MR) is 123 cm³/mol. The van der Waals surface area contributed by atoms with E-state index in [1.54, 1.807) is 13.2 Å². The van der Waals surface area contributed by atoms with E-state index < -0.39 is 5.92 Å². The van der Waals surface area contributed by atoms with E-state index in [1.165, 1.54) is 0 Å². The second-order valence-electron chi connectivity index (χ2n) is 7.56. The van der Waals surface area contributed by atoms with Crippen molar-refractivity contribution >= 4 is 29.1 Å². The Morgan fingerprint density at radius 2 is 1.87 bits per heavy atom. The Morgan fingerprint density at radius 3 is 2.42 bits per heavy atom. The van der Waals surface area contributed by atoms with E-state index in [4.69, 9.17) is 16.3 Å². The molecule has 0 unspecified atom stereocenters. The minimum atomic E-state index is -3.07. The van der Waals surface area contributed by atoms with E-state index in [1.807, 2.05) is 13.1 Å². The van der Waals surface area contributed by atoms with E-state index >= 15 is 0 Å². The fraction of sp³-hybridized carbons (Fsp3) is 0.545. The highest BCUT2D eigenvalue weighted by Crippen LogP contribution is 2.35. The number of methoxy groups -OCH3 is 1. The minimum absolute atomic E-state index is 0.0589. The van der Waals surface area contributed by atoms with E-state index in [0.29, 0.717) is 23.0 Å². The van der Waals surface area contributed by atoms with Crippen LogP contribution in [0.5, 0.6) is 5.75 Å². The van der Waals surface area contributed by atoms with Crippen LogP contribution in [0.4, 0.5) is 26.2 Å². The van der Waals surface area contributed by atoms with Crippen molar-refractivity contribution in [3.63, 3.8) is 0 Å². The Kier molecular flexibility index (Phi) is 9.25. The van der Waals surface area contributed by atoms with Gasteiger partial charge in [-0.15, -0.1) is 0 Å². The molecule has 3 N–H and O–H groups in total. The molecule has 0 fully saturated rings. The number of ether oxygens (including phenoxy) is 1.